The topological polar surface area (TPSA) is 63.8 Å². The first-order chi connectivity index (χ1) is 14.3. The van der Waals surface area contributed by atoms with Crippen LogP contribution in [0.5, 0.6) is 5.75 Å². The highest BCUT2D eigenvalue weighted by molar-refractivity contribution is 8.73. The van der Waals surface area contributed by atoms with E-state index in [2.05, 4.69) is 37.5 Å². The minimum Gasteiger partial charge on any atom is -0.488 e. The van der Waals surface area contributed by atoms with E-state index >= 15 is 0 Å². The third-order valence-corrected chi connectivity index (χ3v) is 7.88. The van der Waals surface area contributed by atoms with E-state index < -0.39 is 9.72 Å². The Kier molecular flexibility index (Phi) is 5.82. The first-order valence-corrected chi connectivity index (χ1v) is 12.3. The van der Waals surface area contributed by atoms with Gasteiger partial charge in [-0.3, -0.25) is 0 Å². The van der Waals surface area contributed by atoms with Gasteiger partial charge in [0.15, 0.2) is 5.40 Å². The van der Waals surface area contributed by atoms with Crippen LogP contribution in [0.25, 0.3) is 5.70 Å². The predicted molar refractivity (Wildman–Crippen MR) is 124 cm³/mol. The summed E-state index contributed by atoms with van der Waals surface area (Å²) in [5.74, 6) is 0.756. The molecule has 2 aromatic carbocycles. The fourth-order valence-corrected chi connectivity index (χ4v) is 5.02. The minimum atomic E-state index is -0.653. The molecular formula is C22H23BN2O3S2. The molecule has 0 spiro atoms. The molecule has 30 heavy (non-hydrogen) atoms. The van der Waals surface area contributed by atoms with E-state index in [9.17, 15) is 0 Å². The normalized spacial score (nSPS) is 21.6. The molecule has 1 saturated heterocycles. The van der Waals surface area contributed by atoms with Crippen molar-refractivity contribution in [1.82, 2.24) is 0 Å². The molecule has 5 nitrogen and oxygen atoms in total. The molecule has 0 aliphatic carbocycles. The predicted octanol–water partition coefficient (Wildman–Crippen LogP) is 4.81. The van der Waals surface area contributed by atoms with Gasteiger partial charge in [0.2, 0.25) is 0 Å². The highest BCUT2D eigenvalue weighted by atomic mass is 33.1. The Morgan fingerprint density at radius 3 is 2.37 bits per heavy atom. The SMILES string of the molecule is CC1(C)OB(c2ccc(COc3ccccc3C3=CSS(C#N)=N3)cc2)OC1(C)C. The van der Waals surface area contributed by atoms with Crippen LogP contribution < -0.4 is 10.2 Å². The largest absolute Gasteiger partial charge is 0.494 e. The standard InChI is InChI=1S/C22H23BN2O3S2/c1-21(2)22(3,4)28-23(27-21)17-11-9-16(10-12-17)13-26-20-8-6-5-7-18(20)19-14-29-30(15-24)25-19/h5-12,14H,13H2,1-4H3. The fraction of sp³-hybridized carbons (Fsp3) is 0.318. The molecule has 0 N–H and O–H groups in total. The highest BCUT2D eigenvalue weighted by Gasteiger charge is 2.51. The molecule has 2 heterocycles. The van der Waals surface area contributed by atoms with Gasteiger partial charge in [0.25, 0.3) is 0 Å². The van der Waals surface area contributed by atoms with Gasteiger partial charge in [0.1, 0.15) is 12.4 Å². The number of hydrogen-bond donors (Lipinski definition) is 0. The number of rotatable bonds is 5. The monoisotopic (exact) mass is 438 g/mol. The molecule has 1 unspecified atom stereocenters. The Hall–Kier alpha value is -2.05. The quantitative estimate of drug-likeness (QED) is 0.381. The first kappa shape index (κ1) is 21.2. The lowest BCUT2D eigenvalue weighted by molar-refractivity contribution is 0.00578. The Labute approximate surface area is 184 Å². The van der Waals surface area contributed by atoms with Crippen molar-refractivity contribution in [2.24, 2.45) is 4.36 Å². The second-order valence-electron chi connectivity index (χ2n) is 8.15. The molecule has 8 heteroatoms. The van der Waals surface area contributed by atoms with Crippen LogP contribution in [0.15, 0.2) is 58.3 Å². The molecule has 0 saturated carbocycles. The molecule has 1 fully saturated rings. The highest BCUT2D eigenvalue weighted by Crippen LogP contribution is 2.37. The zero-order chi connectivity index (χ0) is 21.4. The Balaban J connectivity index is 1.44. The van der Waals surface area contributed by atoms with Crippen LogP contribution >= 0.6 is 10.8 Å². The van der Waals surface area contributed by atoms with Crippen LogP contribution in [0.2, 0.25) is 0 Å². The van der Waals surface area contributed by atoms with Crippen molar-refractivity contribution in [3.63, 3.8) is 0 Å². The third kappa shape index (κ3) is 4.21. The van der Waals surface area contributed by atoms with Crippen LogP contribution in [0, 0.1) is 10.7 Å². The number of hydrogen-bond acceptors (Lipinski definition) is 6. The zero-order valence-corrected chi connectivity index (χ0v) is 19.0. The maximum Gasteiger partial charge on any atom is 0.494 e. The summed E-state index contributed by atoms with van der Waals surface area (Å²) in [5.41, 5.74) is 3.04. The summed E-state index contributed by atoms with van der Waals surface area (Å²) >= 11 is 0. The molecular weight excluding hydrogens is 415 g/mol. The summed E-state index contributed by atoms with van der Waals surface area (Å²) in [7, 11) is 0.420. The van der Waals surface area contributed by atoms with Crippen LogP contribution in [-0.4, -0.2) is 18.3 Å². The average molecular weight is 438 g/mol. The number of nitriles is 1. The molecule has 154 valence electrons. The van der Waals surface area contributed by atoms with Crippen molar-refractivity contribution >= 4 is 38.8 Å². The van der Waals surface area contributed by atoms with Crippen LogP contribution in [-0.2, 0) is 25.6 Å². The Morgan fingerprint density at radius 1 is 1.07 bits per heavy atom. The summed E-state index contributed by atoms with van der Waals surface area (Å²) in [6.45, 7) is 8.64. The number of ether oxygens (including phenoxy) is 1. The van der Waals surface area contributed by atoms with E-state index in [-0.39, 0.29) is 18.3 Å². The van der Waals surface area contributed by atoms with Crippen molar-refractivity contribution in [1.29, 1.82) is 5.26 Å². The molecule has 4 rings (SSSR count). The summed E-state index contributed by atoms with van der Waals surface area (Å²) in [6.07, 6.45) is 0. The summed E-state index contributed by atoms with van der Waals surface area (Å²) in [5, 5.41) is 13.2. The van der Waals surface area contributed by atoms with Gasteiger partial charge in [0.05, 0.1) is 26.6 Å². The van der Waals surface area contributed by atoms with E-state index in [1.807, 2.05) is 53.9 Å². The van der Waals surface area contributed by atoms with Gasteiger partial charge in [-0.1, -0.05) is 36.4 Å². The van der Waals surface area contributed by atoms with Gasteiger partial charge < -0.3 is 14.0 Å². The van der Waals surface area contributed by atoms with E-state index in [0.717, 1.165) is 28.0 Å². The first-order valence-electron chi connectivity index (χ1n) is 9.69. The van der Waals surface area contributed by atoms with Crippen molar-refractivity contribution in [2.75, 3.05) is 0 Å². The number of para-hydroxylation sites is 1. The number of nitrogens with zero attached hydrogens (tertiary/aromatic N) is 2. The zero-order valence-electron chi connectivity index (χ0n) is 17.4. The van der Waals surface area contributed by atoms with E-state index in [1.54, 1.807) is 0 Å². The van der Waals surface area contributed by atoms with E-state index in [4.69, 9.17) is 19.3 Å². The molecule has 2 aromatic rings. The maximum atomic E-state index is 9.08. The lowest BCUT2D eigenvalue weighted by Crippen LogP contribution is -2.41. The van der Waals surface area contributed by atoms with E-state index in [0.29, 0.717) is 6.61 Å². The fourth-order valence-electron chi connectivity index (χ4n) is 3.09. The second-order valence-corrected chi connectivity index (χ2v) is 11.0. The summed E-state index contributed by atoms with van der Waals surface area (Å²) in [6, 6.07) is 15.9. The van der Waals surface area contributed by atoms with Crippen LogP contribution in [0.4, 0.5) is 0 Å². The Morgan fingerprint density at radius 2 is 1.73 bits per heavy atom. The van der Waals surface area contributed by atoms with Crippen molar-refractivity contribution < 1.29 is 14.0 Å². The van der Waals surface area contributed by atoms with Gasteiger partial charge in [-0.05, 0) is 61.6 Å². The van der Waals surface area contributed by atoms with Gasteiger partial charge in [-0.2, -0.15) is 5.26 Å². The molecule has 2 aliphatic heterocycles. The van der Waals surface area contributed by atoms with Crippen molar-refractivity contribution in [3.8, 4) is 11.2 Å². The van der Waals surface area contributed by atoms with Gasteiger partial charge in [-0.25, -0.2) is 4.36 Å². The summed E-state index contributed by atoms with van der Waals surface area (Å²) in [4.78, 5) is 0. The van der Waals surface area contributed by atoms with Crippen LogP contribution in [0.3, 0.4) is 0 Å². The average Bonchev–Trinajstić information content (AvgIpc) is 3.29. The minimum absolute atomic E-state index is 0.355. The van der Waals surface area contributed by atoms with Crippen molar-refractivity contribution in [3.05, 3.63) is 65.1 Å². The lowest BCUT2D eigenvalue weighted by Gasteiger charge is -2.32. The Bertz CT molecular complexity index is 1040. The number of thiocyanates is 1. The number of benzene rings is 2. The van der Waals surface area contributed by atoms with Gasteiger partial charge in [0, 0.05) is 11.0 Å². The molecule has 0 amide bonds. The lowest BCUT2D eigenvalue weighted by atomic mass is 9.79. The molecule has 0 bridgehead atoms. The molecule has 2 aliphatic rings. The van der Waals surface area contributed by atoms with E-state index in [1.165, 1.54) is 10.8 Å². The third-order valence-electron chi connectivity index (χ3n) is 5.57. The molecule has 0 aromatic heterocycles. The maximum absolute atomic E-state index is 9.08. The molecule has 1 atom stereocenters. The van der Waals surface area contributed by atoms with Gasteiger partial charge in [-0.15, -0.1) is 0 Å². The van der Waals surface area contributed by atoms with Crippen LogP contribution in [0.1, 0.15) is 38.8 Å². The second kappa shape index (κ2) is 8.24. The summed E-state index contributed by atoms with van der Waals surface area (Å²) < 4.78 is 22.8. The smallest absolute Gasteiger partial charge is 0.488 e. The molecule has 0 radical (unpaired) electrons. The van der Waals surface area contributed by atoms with Gasteiger partial charge >= 0.3 is 7.12 Å². The van der Waals surface area contributed by atoms with Crippen molar-refractivity contribution in [2.45, 2.75) is 45.5 Å².